The number of hydrogen-bond donors (Lipinski definition) is 4. The van der Waals surface area contributed by atoms with Crippen molar-refractivity contribution in [2.45, 2.75) is 44.2 Å². The zero-order valence-electron chi connectivity index (χ0n) is 15.6. The maximum Gasteiger partial charge on any atom is 0.326 e. The van der Waals surface area contributed by atoms with Gasteiger partial charge in [-0.25, -0.2) is 9.78 Å². The van der Waals surface area contributed by atoms with Crippen LogP contribution in [0.3, 0.4) is 0 Å². The topological polar surface area (TPSA) is 141 Å². The number of nitrogens with two attached hydrogens (primary N) is 1. The van der Waals surface area contributed by atoms with E-state index in [-0.39, 0.29) is 18.2 Å². The quantitative estimate of drug-likeness (QED) is 0.517. The Hall–Kier alpha value is -2.94. The van der Waals surface area contributed by atoms with Gasteiger partial charge in [0.25, 0.3) is 0 Å². The van der Waals surface area contributed by atoms with Crippen molar-refractivity contribution in [2.24, 2.45) is 5.73 Å². The Morgan fingerprint density at radius 3 is 2.86 bits per heavy atom. The molecule has 9 nitrogen and oxygen atoms in total. The first-order valence-corrected chi connectivity index (χ1v) is 9.46. The highest BCUT2D eigenvalue weighted by Crippen LogP contribution is 2.19. The van der Waals surface area contributed by atoms with Crippen LogP contribution < -0.4 is 11.1 Å². The van der Waals surface area contributed by atoms with Gasteiger partial charge in [-0.3, -0.25) is 9.59 Å². The molecule has 3 rings (SSSR count). The third kappa shape index (κ3) is 4.48. The maximum atomic E-state index is 12.9. The highest BCUT2D eigenvalue weighted by molar-refractivity contribution is 5.91. The summed E-state index contributed by atoms with van der Waals surface area (Å²) in [5.41, 5.74) is 7.16. The van der Waals surface area contributed by atoms with Gasteiger partial charge in [0.05, 0.1) is 17.5 Å². The highest BCUT2D eigenvalue weighted by Gasteiger charge is 2.37. The number of amides is 2. The van der Waals surface area contributed by atoms with Crippen molar-refractivity contribution in [3.05, 3.63) is 30.1 Å². The summed E-state index contributed by atoms with van der Waals surface area (Å²) in [6.45, 7) is 0.764. The largest absolute Gasteiger partial charge is 0.480 e. The van der Waals surface area contributed by atoms with Crippen LogP contribution in [-0.2, 0) is 20.8 Å². The molecule has 0 unspecified atom stereocenters. The minimum Gasteiger partial charge on any atom is -0.480 e. The molecule has 2 heterocycles. The predicted octanol–water partition coefficient (Wildman–Crippen LogP) is 0.405. The Morgan fingerprint density at radius 1 is 1.36 bits per heavy atom. The SMILES string of the molecule is NCCC[C@H](NC(=O)Cc1nc2ccccc2[nH]1)C(=O)N1CCC[C@H]1C(=O)O. The van der Waals surface area contributed by atoms with Crippen molar-refractivity contribution >= 4 is 28.8 Å². The molecule has 2 aromatic rings. The molecular formula is C19H25N5O4. The summed E-state index contributed by atoms with van der Waals surface area (Å²) in [4.78, 5) is 45.6. The third-order valence-electron chi connectivity index (χ3n) is 4.92. The Morgan fingerprint density at radius 2 is 2.14 bits per heavy atom. The van der Waals surface area contributed by atoms with Crippen molar-refractivity contribution in [1.82, 2.24) is 20.2 Å². The number of carbonyl (C=O) groups is 3. The van der Waals surface area contributed by atoms with Crippen molar-refractivity contribution in [2.75, 3.05) is 13.1 Å². The number of carboxylic acid groups (broad SMARTS) is 1. The van der Waals surface area contributed by atoms with Crippen molar-refractivity contribution in [3.8, 4) is 0 Å². The number of nitrogens with zero attached hydrogens (tertiary/aromatic N) is 2. The predicted molar refractivity (Wildman–Crippen MR) is 102 cm³/mol. The van der Waals surface area contributed by atoms with Gasteiger partial charge in [-0.15, -0.1) is 0 Å². The number of aromatic nitrogens is 2. The van der Waals surface area contributed by atoms with Crippen LogP contribution in [0.4, 0.5) is 0 Å². The lowest BCUT2D eigenvalue weighted by Gasteiger charge is -2.27. The number of benzene rings is 1. The van der Waals surface area contributed by atoms with E-state index in [2.05, 4.69) is 15.3 Å². The van der Waals surface area contributed by atoms with Crippen LogP contribution in [0.25, 0.3) is 11.0 Å². The van der Waals surface area contributed by atoms with Crippen LogP contribution in [-0.4, -0.2) is 62.9 Å². The van der Waals surface area contributed by atoms with E-state index in [1.54, 1.807) is 0 Å². The summed E-state index contributed by atoms with van der Waals surface area (Å²) in [5, 5.41) is 12.1. The van der Waals surface area contributed by atoms with Gasteiger partial charge in [0.2, 0.25) is 11.8 Å². The molecule has 0 spiro atoms. The van der Waals surface area contributed by atoms with Gasteiger partial charge >= 0.3 is 5.97 Å². The number of carbonyl (C=O) groups excluding carboxylic acids is 2. The van der Waals surface area contributed by atoms with Crippen LogP contribution in [0, 0.1) is 0 Å². The van der Waals surface area contributed by atoms with Gasteiger partial charge < -0.3 is 26.0 Å². The lowest BCUT2D eigenvalue weighted by Crippen LogP contribution is -2.52. The number of aromatic amines is 1. The number of fused-ring (bicyclic) bond motifs is 1. The summed E-state index contributed by atoms with van der Waals surface area (Å²) in [7, 11) is 0. The first-order valence-electron chi connectivity index (χ1n) is 9.46. The van der Waals surface area contributed by atoms with E-state index in [1.807, 2.05) is 24.3 Å². The number of hydrogen-bond acceptors (Lipinski definition) is 5. The molecule has 1 aromatic heterocycles. The summed E-state index contributed by atoms with van der Waals surface area (Å²) in [5.74, 6) is -1.22. The second-order valence-electron chi connectivity index (χ2n) is 6.96. The molecule has 5 N–H and O–H groups in total. The Labute approximate surface area is 162 Å². The number of imidazole rings is 1. The van der Waals surface area contributed by atoms with E-state index in [9.17, 15) is 19.5 Å². The summed E-state index contributed by atoms with van der Waals surface area (Å²) >= 11 is 0. The molecule has 2 amide bonds. The molecule has 150 valence electrons. The van der Waals surface area contributed by atoms with Crippen LogP contribution in [0.15, 0.2) is 24.3 Å². The fourth-order valence-corrected chi connectivity index (χ4v) is 3.55. The van der Waals surface area contributed by atoms with Crippen molar-refractivity contribution in [1.29, 1.82) is 0 Å². The van der Waals surface area contributed by atoms with E-state index >= 15 is 0 Å². The normalized spacial score (nSPS) is 17.6. The molecule has 0 aliphatic carbocycles. The number of carboxylic acids is 1. The van der Waals surface area contributed by atoms with Crippen LogP contribution in [0.1, 0.15) is 31.5 Å². The molecule has 0 saturated carbocycles. The van der Waals surface area contributed by atoms with Crippen LogP contribution >= 0.6 is 0 Å². The average molecular weight is 387 g/mol. The number of rotatable bonds is 8. The number of aliphatic carboxylic acids is 1. The summed E-state index contributed by atoms with van der Waals surface area (Å²) in [6.07, 6.45) is 1.98. The minimum absolute atomic E-state index is 0.00342. The van der Waals surface area contributed by atoms with Gasteiger partial charge in [0, 0.05) is 6.54 Å². The van der Waals surface area contributed by atoms with E-state index in [1.165, 1.54) is 4.90 Å². The van der Waals surface area contributed by atoms with Gasteiger partial charge in [-0.05, 0) is 44.4 Å². The lowest BCUT2D eigenvalue weighted by atomic mass is 10.1. The Balaban J connectivity index is 1.67. The number of likely N-dealkylation sites (tertiary alicyclic amines) is 1. The second kappa shape index (κ2) is 8.83. The molecular weight excluding hydrogens is 362 g/mol. The fourth-order valence-electron chi connectivity index (χ4n) is 3.55. The molecule has 0 bridgehead atoms. The lowest BCUT2D eigenvalue weighted by molar-refractivity contribution is -0.149. The third-order valence-corrected chi connectivity index (χ3v) is 4.92. The van der Waals surface area contributed by atoms with Crippen molar-refractivity contribution in [3.63, 3.8) is 0 Å². The molecule has 28 heavy (non-hydrogen) atoms. The van der Waals surface area contributed by atoms with Crippen molar-refractivity contribution < 1.29 is 19.5 Å². The first kappa shape index (κ1) is 19.8. The fraction of sp³-hybridized carbons (Fsp3) is 0.474. The molecule has 9 heteroatoms. The van der Waals surface area contributed by atoms with Gasteiger partial charge in [0.1, 0.15) is 17.9 Å². The van der Waals surface area contributed by atoms with Crippen LogP contribution in [0.2, 0.25) is 0 Å². The maximum absolute atomic E-state index is 12.9. The second-order valence-corrected chi connectivity index (χ2v) is 6.96. The zero-order chi connectivity index (χ0) is 20.1. The monoisotopic (exact) mass is 387 g/mol. The Kier molecular flexibility index (Phi) is 6.25. The Bertz CT molecular complexity index is 832. The van der Waals surface area contributed by atoms with Gasteiger partial charge in [-0.1, -0.05) is 12.1 Å². The van der Waals surface area contributed by atoms with Crippen LogP contribution in [0.5, 0.6) is 0 Å². The van der Waals surface area contributed by atoms with Gasteiger partial charge in [-0.2, -0.15) is 0 Å². The molecule has 1 aliphatic rings. The van der Waals surface area contributed by atoms with Gasteiger partial charge in [0.15, 0.2) is 0 Å². The number of H-pyrrole nitrogens is 1. The number of nitrogens with one attached hydrogen (secondary N) is 2. The minimum atomic E-state index is -1.02. The molecule has 0 radical (unpaired) electrons. The average Bonchev–Trinajstić information content (AvgIpc) is 3.30. The van der Waals surface area contributed by atoms with E-state index in [0.29, 0.717) is 44.6 Å². The molecule has 1 fully saturated rings. The zero-order valence-corrected chi connectivity index (χ0v) is 15.6. The molecule has 1 aromatic carbocycles. The summed E-state index contributed by atoms with van der Waals surface area (Å²) < 4.78 is 0. The highest BCUT2D eigenvalue weighted by atomic mass is 16.4. The number of para-hydroxylation sites is 2. The molecule has 1 saturated heterocycles. The molecule has 1 aliphatic heterocycles. The smallest absolute Gasteiger partial charge is 0.326 e. The van der Waals surface area contributed by atoms with E-state index < -0.39 is 18.1 Å². The standard InChI is InChI=1S/C19H25N5O4/c20-9-3-7-14(18(26)24-10-4-8-15(24)19(27)28)23-17(25)11-16-21-12-5-1-2-6-13(12)22-16/h1-2,5-6,14-15H,3-4,7-11,20H2,(H,21,22)(H,23,25)(H,27,28)/t14-,15-/m0/s1. The molecule has 2 atom stereocenters. The summed E-state index contributed by atoms with van der Waals surface area (Å²) in [6, 6.07) is 5.84. The first-order chi connectivity index (χ1) is 13.5. The van der Waals surface area contributed by atoms with E-state index in [4.69, 9.17) is 5.73 Å². The van der Waals surface area contributed by atoms with E-state index in [0.717, 1.165) is 11.0 Å².